The lowest BCUT2D eigenvalue weighted by atomic mass is 10.0. The van der Waals surface area contributed by atoms with Crippen molar-refractivity contribution in [1.82, 2.24) is 24.1 Å². The van der Waals surface area contributed by atoms with Crippen molar-refractivity contribution in [2.75, 3.05) is 7.05 Å². The van der Waals surface area contributed by atoms with Crippen LogP contribution in [0.1, 0.15) is 17.1 Å². The third kappa shape index (κ3) is 4.90. The number of allylic oxidation sites excluding steroid dienone is 3. The molecule has 5 rings (SSSR count). The molecule has 1 aromatic carbocycles. The summed E-state index contributed by atoms with van der Waals surface area (Å²) in [5, 5.41) is 1.57. The van der Waals surface area contributed by atoms with E-state index < -0.39 is 0 Å². The van der Waals surface area contributed by atoms with Gasteiger partial charge in [0.25, 0.3) is 5.56 Å². The zero-order chi connectivity index (χ0) is 26.1. The Bertz CT molecular complexity index is 1750. The zero-order valence-electron chi connectivity index (χ0n) is 21.0. The lowest BCUT2D eigenvalue weighted by Gasteiger charge is -2.12. The number of aryl methyl sites for hydroxylation is 2. The Labute approximate surface area is 219 Å². The number of fused-ring (bicyclic) bond motifs is 2. The fourth-order valence-corrected chi connectivity index (χ4v) is 4.65. The van der Waals surface area contributed by atoms with E-state index in [1.165, 1.54) is 0 Å². The normalized spacial score (nSPS) is 12.0. The highest BCUT2D eigenvalue weighted by Gasteiger charge is 2.16. The number of aromatic nitrogens is 5. The van der Waals surface area contributed by atoms with Crippen LogP contribution in [0.15, 0.2) is 82.9 Å². The number of halogens is 1. The van der Waals surface area contributed by atoms with E-state index in [1.807, 2.05) is 68.7 Å². The van der Waals surface area contributed by atoms with Crippen LogP contribution in [0, 0.1) is 13.8 Å². The molecule has 7 nitrogen and oxygen atoms in total. The van der Waals surface area contributed by atoms with Crippen LogP contribution in [-0.4, -0.2) is 37.3 Å². The predicted octanol–water partition coefficient (Wildman–Crippen LogP) is 5.87. The molecule has 4 heterocycles. The molecule has 0 atom stereocenters. The van der Waals surface area contributed by atoms with Crippen molar-refractivity contribution < 1.29 is 0 Å². The Morgan fingerprint density at radius 1 is 1.22 bits per heavy atom. The molecule has 37 heavy (non-hydrogen) atoms. The Morgan fingerprint density at radius 2 is 2.00 bits per heavy atom. The summed E-state index contributed by atoms with van der Waals surface area (Å²) >= 11 is 6.07. The quantitative estimate of drug-likeness (QED) is 0.219. The molecule has 0 bridgehead atoms. The van der Waals surface area contributed by atoms with Crippen LogP contribution < -0.4 is 5.56 Å². The average molecular weight is 511 g/mol. The van der Waals surface area contributed by atoms with Gasteiger partial charge in [-0.3, -0.25) is 9.79 Å². The highest BCUT2D eigenvalue weighted by atomic mass is 35.5. The minimum atomic E-state index is -0.0942. The van der Waals surface area contributed by atoms with Gasteiger partial charge in [0.1, 0.15) is 11.3 Å². The molecular weight excluding hydrogens is 484 g/mol. The molecule has 0 unspecified atom stereocenters. The van der Waals surface area contributed by atoms with Gasteiger partial charge in [0.15, 0.2) is 5.65 Å². The number of rotatable bonds is 7. The maximum absolute atomic E-state index is 13.3. The maximum atomic E-state index is 13.3. The maximum Gasteiger partial charge on any atom is 0.275 e. The molecule has 0 aliphatic rings. The minimum Gasteiger partial charge on any atom is -0.354 e. The summed E-state index contributed by atoms with van der Waals surface area (Å²) in [7, 11) is 1.71. The molecule has 1 N–H and O–H groups in total. The van der Waals surface area contributed by atoms with Crippen molar-refractivity contribution in [2.45, 2.75) is 26.9 Å². The van der Waals surface area contributed by atoms with Gasteiger partial charge in [-0.25, -0.2) is 9.97 Å². The molecule has 4 aromatic heterocycles. The number of pyridine rings is 2. The van der Waals surface area contributed by atoms with E-state index in [4.69, 9.17) is 11.6 Å². The molecule has 0 aliphatic carbocycles. The molecular formula is C29H27ClN6O. The fraction of sp³-hybridized carbons (Fsp3) is 0.172. The van der Waals surface area contributed by atoms with Gasteiger partial charge in [-0.15, -0.1) is 0 Å². The van der Waals surface area contributed by atoms with Crippen LogP contribution in [0.25, 0.3) is 33.2 Å². The first-order valence-corrected chi connectivity index (χ1v) is 12.3. The molecule has 0 saturated carbocycles. The molecule has 0 radical (unpaired) electrons. The fourth-order valence-electron chi connectivity index (χ4n) is 4.52. The second kappa shape index (κ2) is 10.0. The lowest BCUT2D eigenvalue weighted by molar-refractivity contribution is 0.768. The smallest absolute Gasteiger partial charge is 0.275 e. The van der Waals surface area contributed by atoms with Gasteiger partial charge in [-0.05, 0) is 55.3 Å². The molecule has 0 saturated heterocycles. The van der Waals surface area contributed by atoms with Gasteiger partial charge >= 0.3 is 0 Å². The van der Waals surface area contributed by atoms with E-state index in [-0.39, 0.29) is 5.56 Å². The number of aliphatic imine (C=N–C) groups is 1. The Hall–Kier alpha value is -4.23. The summed E-state index contributed by atoms with van der Waals surface area (Å²) in [5.74, 6) is 0.876. The van der Waals surface area contributed by atoms with Crippen molar-refractivity contribution in [3.63, 3.8) is 0 Å². The van der Waals surface area contributed by atoms with E-state index in [2.05, 4.69) is 37.2 Å². The Kier molecular flexibility index (Phi) is 6.63. The van der Waals surface area contributed by atoms with Crippen LogP contribution in [0.3, 0.4) is 0 Å². The van der Waals surface area contributed by atoms with Crippen LogP contribution in [-0.2, 0) is 13.1 Å². The first kappa shape index (κ1) is 24.5. The first-order valence-electron chi connectivity index (χ1n) is 11.9. The van der Waals surface area contributed by atoms with Gasteiger partial charge in [0.2, 0.25) is 0 Å². The highest BCUT2D eigenvalue weighted by molar-refractivity contribution is 6.30. The van der Waals surface area contributed by atoms with Crippen molar-refractivity contribution in [2.24, 2.45) is 4.99 Å². The minimum absolute atomic E-state index is 0.0942. The third-order valence-electron chi connectivity index (χ3n) is 6.30. The Morgan fingerprint density at radius 3 is 2.76 bits per heavy atom. The van der Waals surface area contributed by atoms with E-state index in [1.54, 1.807) is 17.8 Å². The van der Waals surface area contributed by atoms with Crippen molar-refractivity contribution in [3.8, 4) is 11.1 Å². The predicted molar refractivity (Wildman–Crippen MR) is 152 cm³/mol. The van der Waals surface area contributed by atoms with Crippen molar-refractivity contribution in [1.29, 1.82) is 0 Å². The molecule has 0 fully saturated rings. The van der Waals surface area contributed by atoms with Crippen molar-refractivity contribution in [3.05, 3.63) is 106 Å². The average Bonchev–Trinajstić information content (AvgIpc) is 3.41. The van der Waals surface area contributed by atoms with Gasteiger partial charge < -0.3 is 14.1 Å². The number of hydrogen-bond donors (Lipinski definition) is 1. The van der Waals surface area contributed by atoms with Gasteiger partial charge in [-0.1, -0.05) is 36.4 Å². The summed E-state index contributed by atoms with van der Waals surface area (Å²) in [6.45, 7) is 9.04. The second-order valence-corrected chi connectivity index (χ2v) is 9.52. The molecule has 0 amide bonds. The number of nitrogens with one attached hydrogen (secondary N) is 1. The molecule has 8 heteroatoms. The van der Waals surface area contributed by atoms with Gasteiger partial charge in [0, 0.05) is 59.4 Å². The van der Waals surface area contributed by atoms with Gasteiger partial charge in [-0.2, -0.15) is 0 Å². The van der Waals surface area contributed by atoms with E-state index >= 15 is 0 Å². The number of H-pyrrole nitrogens is 1. The second-order valence-electron chi connectivity index (χ2n) is 9.08. The summed E-state index contributed by atoms with van der Waals surface area (Å²) in [5.41, 5.74) is 6.72. The number of imidazole rings is 1. The Balaban J connectivity index is 1.62. The number of aromatic amines is 1. The number of benzene rings is 1. The number of hydrogen-bond acceptors (Lipinski definition) is 4. The summed E-state index contributed by atoms with van der Waals surface area (Å²) in [4.78, 5) is 29.8. The van der Waals surface area contributed by atoms with Crippen molar-refractivity contribution >= 4 is 39.9 Å². The first-order chi connectivity index (χ1) is 17.8. The third-order valence-corrected chi connectivity index (χ3v) is 6.56. The molecule has 5 aromatic rings. The topological polar surface area (TPSA) is 80.9 Å². The molecule has 0 spiro atoms. The summed E-state index contributed by atoms with van der Waals surface area (Å²) in [6, 6.07) is 11.9. The van der Waals surface area contributed by atoms with Crippen LogP contribution in [0.5, 0.6) is 0 Å². The van der Waals surface area contributed by atoms with Crippen LogP contribution in [0.2, 0.25) is 5.02 Å². The summed E-state index contributed by atoms with van der Waals surface area (Å²) in [6.07, 6.45) is 9.07. The van der Waals surface area contributed by atoms with Gasteiger partial charge in [0.05, 0.1) is 12.1 Å². The van der Waals surface area contributed by atoms with E-state index in [0.29, 0.717) is 29.3 Å². The zero-order valence-corrected chi connectivity index (χ0v) is 21.8. The van der Waals surface area contributed by atoms with Crippen LogP contribution >= 0.6 is 11.6 Å². The van der Waals surface area contributed by atoms with E-state index in [0.717, 1.165) is 44.7 Å². The standard InChI is InChI=1S/C29H27ClN6O/c1-18(6-5-11-31-4)15-35-17-25(24-12-19(2)33-27(24)29(35)37)22-13-26-28(32-14-22)34-20(3)36(26)16-21-7-9-23(30)10-8-21/h5-14,17,33H,1,15-16H2,2-4H3/b6-5-,31-11-. The summed E-state index contributed by atoms with van der Waals surface area (Å²) < 4.78 is 3.83. The largest absolute Gasteiger partial charge is 0.354 e. The SMILES string of the molecule is C=C(/C=C\C=N/C)Cn1cc(-c2cnc3nc(C)n(Cc4ccc(Cl)cc4)c3c2)c2cc(C)[nH]c2c1=O. The molecule has 186 valence electrons. The monoisotopic (exact) mass is 510 g/mol. The molecule has 0 aliphatic heterocycles. The highest BCUT2D eigenvalue weighted by Crippen LogP contribution is 2.30. The number of nitrogens with zero attached hydrogens (tertiary/aromatic N) is 5. The van der Waals surface area contributed by atoms with Crippen LogP contribution in [0.4, 0.5) is 0 Å². The van der Waals surface area contributed by atoms with E-state index in [9.17, 15) is 4.79 Å². The lowest BCUT2D eigenvalue weighted by Crippen LogP contribution is -2.21.